The van der Waals surface area contributed by atoms with Crippen molar-refractivity contribution in [3.05, 3.63) is 52.8 Å². The minimum atomic E-state index is -0.283. The monoisotopic (exact) mass is 413 g/mol. The van der Waals surface area contributed by atoms with Crippen LogP contribution in [0.2, 0.25) is 0 Å². The van der Waals surface area contributed by atoms with Crippen LogP contribution in [0.1, 0.15) is 28.8 Å². The Labute approximate surface area is 168 Å². The van der Waals surface area contributed by atoms with E-state index in [1.165, 1.54) is 34.7 Å². The molecule has 0 bridgehead atoms. The topological polar surface area (TPSA) is 126 Å². The molecule has 2 aromatic heterocycles. The highest BCUT2D eigenvalue weighted by atomic mass is 32.2. The van der Waals surface area contributed by atoms with Gasteiger partial charge in [-0.05, 0) is 12.1 Å². The van der Waals surface area contributed by atoms with Gasteiger partial charge in [0.25, 0.3) is 5.91 Å². The number of carbonyl (C=O) groups is 2. The van der Waals surface area contributed by atoms with E-state index in [1.54, 1.807) is 29.6 Å². The highest BCUT2D eigenvalue weighted by molar-refractivity contribution is 7.99. The van der Waals surface area contributed by atoms with Gasteiger partial charge in [0.05, 0.1) is 23.9 Å². The van der Waals surface area contributed by atoms with Crippen LogP contribution in [0, 0.1) is 11.3 Å². The van der Waals surface area contributed by atoms with E-state index in [0.717, 1.165) is 0 Å². The molecule has 11 heteroatoms. The summed E-state index contributed by atoms with van der Waals surface area (Å²) in [5.41, 5.74) is 3.86. The van der Waals surface area contributed by atoms with E-state index in [-0.39, 0.29) is 17.6 Å². The standard InChI is InChI=1S/C17H15N7O2S2/c1-11(25)23-24-14(21-22-17(24)27-8-7-18)9-13-10-28-16(19-13)20-15(26)12-5-3-2-4-6-12/h2-6,10H,8-9H2,1H3,(H,23,25)(H,19,20,26). The summed E-state index contributed by atoms with van der Waals surface area (Å²) >= 11 is 2.47. The molecule has 0 radical (unpaired) electrons. The molecule has 0 unspecified atom stereocenters. The van der Waals surface area contributed by atoms with Gasteiger partial charge in [0.15, 0.2) is 11.0 Å². The van der Waals surface area contributed by atoms with Crippen LogP contribution in [-0.4, -0.2) is 37.4 Å². The summed E-state index contributed by atoms with van der Waals surface area (Å²) in [5.74, 6) is 0.137. The van der Waals surface area contributed by atoms with Crippen LogP contribution in [0.25, 0.3) is 0 Å². The molecule has 2 N–H and O–H groups in total. The van der Waals surface area contributed by atoms with Crippen molar-refractivity contribution in [2.24, 2.45) is 0 Å². The number of amides is 2. The van der Waals surface area contributed by atoms with Gasteiger partial charge in [-0.15, -0.1) is 21.5 Å². The van der Waals surface area contributed by atoms with Crippen molar-refractivity contribution in [3.63, 3.8) is 0 Å². The lowest BCUT2D eigenvalue weighted by Crippen LogP contribution is -2.23. The highest BCUT2D eigenvalue weighted by Crippen LogP contribution is 2.20. The molecular formula is C17H15N7O2S2. The number of hydrogen-bond acceptors (Lipinski definition) is 8. The van der Waals surface area contributed by atoms with Crippen LogP contribution in [0.15, 0.2) is 40.9 Å². The summed E-state index contributed by atoms with van der Waals surface area (Å²) in [5, 5.41) is 22.3. The van der Waals surface area contributed by atoms with E-state index < -0.39 is 0 Å². The Morgan fingerprint density at radius 1 is 1.29 bits per heavy atom. The number of benzene rings is 1. The van der Waals surface area contributed by atoms with Crippen LogP contribution >= 0.6 is 23.1 Å². The fourth-order valence-corrected chi connectivity index (χ4v) is 3.52. The largest absolute Gasteiger partial charge is 0.298 e. The number of anilines is 1. The maximum Gasteiger partial charge on any atom is 0.257 e. The summed E-state index contributed by atoms with van der Waals surface area (Å²) in [6.45, 7) is 1.38. The first-order valence-corrected chi connectivity index (χ1v) is 9.95. The number of thioether (sulfide) groups is 1. The van der Waals surface area contributed by atoms with Crippen molar-refractivity contribution in [2.75, 3.05) is 16.5 Å². The number of thiazole rings is 1. The van der Waals surface area contributed by atoms with Crippen LogP contribution < -0.4 is 10.7 Å². The van der Waals surface area contributed by atoms with Gasteiger partial charge in [0.2, 0.25) is 11.1 Å². The second-order valence-electron chi connectivity index (χ2n) is 5.49. The number of nitrogens with zero attached hydrogens (tertiary/aromatic N) is 5. The zero-order chi connectivity index (χ0) is 19.9. The molecule has 0 saturated carbocycles. The zero-order valence-electron chi connectivity index (χ0n) is 14.7. The van der Waals surface area contributed by atoms with Gasteiger partial charge in [0, 0.05) is 17.9 Å². The maximum atomic E-state index is 12.2. The number of rotatable bonds is 7. The molecule has 0 saturated heterocycles. The minimum absolute atomic E-state index is 0.185. The van der Waals surface area contributed by atoms with Gasteiger partial charge in [-0.1, -0.05) is 30.0 Å². The van der Waals surface area contributed by atoms with Crippen molar-refractivity contribution in [3.8, 4) is 6.07 Å². The van der Waals surface area contributed by atoms with E-state index in [2.05, 4.69) is 25.9 Å². The number of nitrogens with one attached hydrogen (secondary N) is 2. The average molecular weight is 413 g/mol. The Balaban J connectivity index is 1.72. The molecule has 2 amide bonds. The Hall–Kier alpha value is -3.23. The fourth-order valence-electron chi connectivity index (χ4n) is 2.24. The van der Waals surface area contributed by atoms with E-state index in [1.807, 2.05) is 12.1 Å². The molecule has 28 heavy (non-hydrogen) atoms. The van der Waals surface area contributed by atoms with Gasteiger partial charge < -0.3 is 0 Å². The lowest BCUT2D eigenvalue weighted by atomic mass is 10.2. The summed E-state index contributed by atoms with van der Waals surface area (Å²) < 4.78 is 1.45. The molecule has 9 nitrogen and oxygen atoms in total. The summed E-state index contributed by atoms with van der Waals surface area (Å²) in [6, 6.07) is 10.9. The third-order valence-corrected chi connectivity index (χ3v) is 4.99. The zero-order valence-corrected chi connectivity index (χ0v) is 16.4. The molecule has 0 aliphatic carbocycles. The quantitative estimate of drug-likeness (QED) is 0.569. The Morgan fingerprint density at radius 3 is 2.79 bits per heavy atom. The van der Waals surface area contributed by atoms with E-state index >= 15 is 0 Å². The van der Waals surface area contributed by atoms with Crippen LogP contribution in [0.5, 0.6) is 0 Å². The second-order valence-corrected chi connectivity index (χ2v) is 7.29. The lowest BCUT2D eigenvalue weighted by Gasteiger charge is -2.08. The van der Waals surface area contributed by atoms with E-state index in [0.29, 0.717) is 33.8 Å². The molecule has 0 aliphatic rings. The Morgan fingerprint density at radius 2 is 2.07 bits per heavy atom. The molecule has 0 atom stereocenters. The van der Waals surface area contributed by atoms with Crippen molar-refractivity contribution in [1.82, 2.24) is 19.9 Å². The Kier molecular flexibility index (Phi) is 6.36. The van der Waals surface area contributed by atoms with E-state index in [4.69, 9.17) is 5.26 Å². The molecule has 0 spiro atoms. The predicted octanol–water partition coefficient (Wildman–Crippen LogP) is 2.28. The molecule has 3 aromatic rings. The van der Waals surface area contributed by atoms with Gasteiger partial charge in [-0.2, -0.15) is 5.26 Å². The first-order chi connectivity index (χ1) is 13.6. The lowest BCUT2D eigenvalue weighted by molar-refractivity contribution is -0.115. The number of carbonyl (C=O) groups excluding carboxylic acids is 2. The molecule has 0 fully saturated rings. The normalized spacial score (nSPS) is 10.3. The maximum absolute atomic E-state index is 12.2. The minimum Gasteiger partial charge on any atom is -0.298 e. The molecule has 3 rings (SSSR count). The van der Waals surface area contributed by atoms with Gasteiger partial charge in [-0.3, -0.25) is 20.3 Å². The number of aromatic nitrogens is 4. The van der Waals surface area contributed by atoms with Crippen molar-refractivity contribution < 1.29 is 9.59 Å². The van der Waals surface area contributed by atoms with Gasteiger partial charge >= 0.3 is 0 Å². The smallest absolute Gasteiger partial charge is 0.257 e. The third-order valence-electron chi connectivity index (χ3n) is 3.38. The third kappa shape index (κ3) is 4.93. The van der Waals surface area contributed by atoms with Crippen LogP contribution in [0.4, 0.5) is 5.13 Å². The summed E-state index contributed by atoms with van der Waals surface area (Å²) in [6.07, 6.45) is 0.304. The molecule has 1 aromatic carbocycles. The van der Waals surface area contributed by atoms with Crippen LogP contribution in [-0.2, 0) is 11.2 Å². The Bertz CT molecular complexity index is 1020. The first-order valence-electron chi connectivity index (χ1n) is 8.09. The SMILES string of the molecule is CC(=O)Nn1c(Cc2csc(NC(=O)c3ccccc3)n2)nnc1SCC#N. The summed E-state index contributed by atoms with van der Waals surface area (Å²) in [7, 11) is 0. The van der Waals surface area contributed by atoms with E-state index in [9.17, 15) is 9.59 Å². The number of hydrogen-bond donors (Lipinski definition) is 2. The second kappa shape index (κ2) is 9.12. The van der Waals surface area contributed by atoms with Crippen molar-refractivity contribution in [2.45, 2.75) is 18.5 Å². The van der Waals surface area contributed by atoms with Gasteiger partial charge in [-0.25, -0.2) is 9.66 Å². The number of nitriles is 1. The van der Waals surface area contributed by atoms with Crippen molar-refractivity contribution in [1.29, 1.82) is 5.26 Å². The average Bonchev–Trinajstić information content (AvgIpc) is 3.28. The summed E-state index contributed by atoms with van der Waals surface area (Å²) in [4.78, 5) is 28.1. The van der Waals surface area contributed by atoms with Crippen molar-refractivity contribution >= 4 is 40.0 Å². The highest BCUT2D eigenvalue weighted by Gasteiger charge is 2.16. The molecule has 2 heterocycles. The van der Waals surface area contributed by atoms with Gasteiger partial charge in [0.1, 0.15) is 0 Å². The molecule has 142 valence electrons. The first kappa shape index (κ1) is 19.5. The predicted molar refractivity (Wildman–Crippen MR) is 106 cm³/mol. The fraction of sp³-hybridized carbons (Fsp3) is 0.176. The van der Waals surface area contributed by atoms with Crippen LogP contribution in [0.3, 0.4) is 0 Å². The molecule has 0 aliphatic heterocycles. The molecular weight excluding hydrogens is 398 g/mol.